The molecule has 1 amide bonds. The molecule has 17 heavy (non-hydrogen) atoms. The van der Waals surface area contributed by atoms with Crippen LogP contribution in [0.4, 0.5) is 0 Å². The van der Waals surface area contributed by atoms with Gasteiger partial charge in [-0.2, -0.15) is 0 Å². The highest BCUT2D eigenvalue weighted by Gasteiger charge is 2.17. The van der Waals surface area contributed by atoms with Gasteiger partial charge in [0.2, 0.25) is 5.78 Å². The van der Waals surface area contributed by atoms with Crippen molar-refractivity contribution in [3.63, 3.8) is 0 Å². The number of hydrogen-bond donors (Lipinski definition) is 2. The minimum absolute atomic E-state index is 0.0137. The minimum Gasteiger partial charge on any atom is -0.396 e. The quantitative estimate of drug-likeness (QED) is 0.592. The zero-order chi connectivity index (χ0) is 12.8. The maximum absolute atomic E-state index is 11.7. The van der Waals surface area contributed by atoms with E-state index in [9.17, 15) is 9.59 Å². The van der Waals surface area contributed by atoms with E-state index in [0.717, 1.165) is 5.56 Å². The van der Waals surface area contributed by atoms with Gasteiger partial charge in [0, 0.05) is 18.2 Å². The second-order valence-electron chi connectivity index (χ2n) is 4.08. The third-order valence-corrected chi connectivity index (χ3v) is 2.46. The molecule has 0 aliphatic rings. The third kappa shape index (κ3) is 4.00. The SMILES string of the molecule is Cc1ccc(C(=O)C(=O)NC(C)CCO)cc1. The van der Waals surface area contributed by atoms with Gasteiger partial charge in [-0.05, 0) is 20.3 Å². The molecule has 1 aromatic carbocycles. The van der Waals surface area contributed by atoms with E-state index in [1.54, 1.807) is 31.2 Å². The van der Waals surface area contributed by atoms with Gasteiger partial charge in [-0.25, -0.2) is 0 Å². The van der Waals surface area contributed by atoms with E-state index in [1.165, 1.54) is 0 Å². The Hall–Kier alpha value is -1.68. The van der Waals surface area contributed by atoms with Crippen LogP contribution in [0.1, 0.15) is 29.3 Å². The number of ketones is 1. The van der Waals surface area contributed by atoms with E-state index < -0.39 is 11.7 Å². The predicted molar refractivity (Wildman–Crippen MR) is 64.8 cm³/mol. The minimum atomic E-state index is -0.630. The van der Waals surface area contributed by atoms with Crippen molar-refractivity contribution in [2.24, 2.45) is 0 Å². The molecule has 1 unspecified atom stereocenters. The molecule has 0 saturated carbocycles. The number of rotatable bonds is 5. The first-order valence-electron chi connectivity index (χ1n) is 5.57. The number of hydrogen-bond acceptors (Lipinski definition) is 3. The van der Waals surface area contributed by atoms with Gasteiger partial charge in [0.1, 0.15) is 0 Å². The Bertz CT molecular complexity index is 398. The maximum atomic E-state index is 11.7. The van der Waals surface area contributed by atoms with E-state index in [2.05, 4.69) is 5.32 Å². The fourth-order valence-electron chi connectivity index (χ4n) is 1.39. The molecular weight excluding hydrogens is 218 g/mol. The lowest BCUT2D eigenvalue weighted by molar-refractivity contribution is -0.117. The molecule has 4 nitrogen and oxygen atoms in total. The average Bonchev–Trinajstić information content (AvgIpc) is 2.29. The molecule has 0 radical (unpaired) electrons. The van der Waals surface area contributed by atoms with E-state index >= 15 is 0 Å². The number of amides is 1. The van der Waals surface area contributed by atoms with Crippen LogP contribution in [-0.4, -0.2) is 29.4 Å². The van der Waals surface area contributed by atoms with Gasteiger partial charge < -0.3 is 10.4 Å². The van der Waals surface area contributed by atoms with Gasteiger partial charge in [-0.1, -0.05) is 29.8 Å². The second-order valence-corrected chi connectivity index (χ2v) is 4.08. The van der Waals surface area contributed by atoms with Gasteiger partial charge in [-0.15, -0.1) is 0 Å². The molecule has 0 fully saturated rings. The molecule has 0 heterocycles. The molecule has 1 aromatic rings. The molecule has 2 N–H and O–H groups in total. The molecule has 0 aliphatic heterocycles. The summed E-state index contributed by atoms with van der Waals surface area (Å²) in [6, 6.07) is 6.64. The fraction of sp³-hybridized carbons (Fsp3) is 0.385. The third-order valence-electron chi connectivity index (χ3n) is 2.46. The van der Waals surface area contributed by atoms with E-state index in [0.29, 0.717) is 12.0 Å². The second kappa shape index (κ2) is 6.15. The summed E-state index contributed by atoms with van der Waals surface area (Å²) in [4.78, 5) is 23.3. The van der Waals surface area contributed by atoms with Gasteiger partial charge in [0.05, 0.1) is 0 Å². The van der Waals surface area contributed by atoms with Crippen LogP contribution in [-0.2, 0) is 4.79 Å². The number of aliphatic hydroxyl groups excluding tert-OH is 1. The Kier molecular flexibility index (Phi) is 4.84. The molecule has 0 saturated heterocycles. The molecule has 4 heteroatoms. The van der Waals surface area contributed by atoms with Crippen molar-refractivity contribution in [2.45, 2.75) is 26.3 Å². The Morgan fingerprint density at radius 1 is 1.29 bits per heavy atom. The van der Waals surface area contributed by atoms with Crippen molar-refractivity contribution in [3.05, 3.63) is 35.4 Å². The highest BCUT2D eigenvalue weighted by atomic mass is 16.3. The fourth-order valence-corrected chi connectivity index (χ4v) is 1.39. The van der Waals surface area contributed by atoms with Crippen LogP contribution in [0.2, 0.25) is 0 Å². The topological polar surface area (TPSA) is 66.4 Å². The number of nitrogens with one attached hydrogen (secondary N) is 1. The number of benzene rings is 1. The van der Waals surface area contributed by atoms with Crippen LogP contribution in [0.25, 0.3) is 0 Å². The molecule has 0 bridgehead atoms. The smallest absolute Gasteiger partial charge is 0.292 e. The highest BCUT2D eigenvalue weighted by molar-refractivity contribution is 6.42. The molecule has 0 aromatic heterocycles. The Morgan fingerprint density at radius 3 is 2.41 bits per heavy atom. The summed E-state index contributed by atoms with van der Waals surface area (Å²) in [6.45, 7) is 3.65. The van der Waals surface area contributed by atoms with Crippen LogP contribution in [0.3, 0.4) is 0 Å². The number of Topliss-reactive ketones (excluding diaryl/α,β-unsaturated/α-hetero) is 1. The van der Waals surface area contributed by atoms with Crippen LogP contribution in [0.5, 0.6) is 0 Å². The molecule has 0 aliphatic carbocycles. The van der Waals surface area contributed by atoms with Crippen molar-refractivity contribution in [2.75, 3.05) is 6.61 Å². The molecule has 92 valence electrons. The summed E-state index contributed by atoms with van der Waals surface area (Å²) < 4.78 is 0. The lowest BCUT2D eigenvalue weighted by atomic mass is 10.1. The summed E-state index contributed by atoms with van der Waals surface area (Å²) in [5.74, 6) is -1.18. The summed E-state index contributed by atoms with van der Waals surface area (Å²) in [7, 11) is 0. The largest absolute Gasteiger partial charge is 0.396 e. The van der Waals surface area contributed by atoms with Crippen LogP contribution < -0.4 is 5.32 Å². The van der Waals surface area contributed by atoms with Crippen molar-refractivity contribution >= 4 is 11.7 Å². The average molecular weight is 235 g/mol. The van der Waals surface area contributed by atoms with Crippen LogP contribution in [0.15, 0.2) is 24.3 Å². The summed E-state index contributed by atoms with van der Waals surface area (Å²) in [5.41, 5.74) is 1.42. The summed E-state index contributed by atoms with van der Waals surface area (Å²) in [6.07, 6.45) is 0.437. The van der Waals surface area contributed by atoms with Gasteiger partial charge in [-0.3, -0.25) is 9.59 Å². The Morgan fingerprint density at radius 2 is 1.88 bits per heavy atom. The standard InChI is InChI=1S/C13H17NO3/c1-9-3-5-11(6-4-9)12(16)13(17)14-10(2)7-8-15/h3-6,10,15H,7-8H2,1-2H3,(H,14,17). The number of aryl methyl sites for hydroxylation is 1. The van der Waals surface area contributed by atoms with Gasteiger partial charge in [0.25, 0.3) is 5.91 Å². The first kappa shape index (κ1) is 13.4. The maximum Gasteiger partial charge on any atom is 0.292 e. The highest BCUT2D eigenvalue weighted by Crippen LogP contribution is 2.04. The van der Waals surface area contributed by atoms with E-state index in [-0.39, 0.29) is 12.6 Å². The normalized spacial score (nSPS) is 11.9. The van der Waals surface area contributed by atoms with Crippen molar-refractivity contribution in [1.29, 1.82) is 0 Å². The Balaban J connectivity index is 2.64. The van der Waals surface area contributed by atoms with Crippen molar-refractivity contribution in [1.82, 2.24) is 5.32 Å². The zero-order valence-electron chi connectivity index (χ0n) is 10.1. The van der Waals surface area contributed by atoms with Crippen LogP contribution in [0, 0.1) is 6.92 Å². The van der Waals surface area contributed by atoms with Crippen molar-refractivity contribution in [3.8, 4) is 0 Å². The van der Waals surface area contributed by atoms with E-state index in [1.807, 2.05) is 6.92 Å². The molecule has 0 spiro atoms. The lowest BCUT2D eigenvalue weighted by Gasteiger charge is -2.11. The number of carbonyl (C=O) groups is 2. The predicted octanol–water partition coefficient (Wildman–Crippen LogP) is 1.06. The van der Waals surface area contributed by atoms with Gasteiger partial charge in [0.15, 0.2) is 0 Å². The molecule has 1 atom stereocenters. The van der Waals surface area contributed by atoms with E-state index in [4.69, 9.17) is 5.11 Å². The monoisotopic (exact) mass is 235 g/mol. The first-order valence-corrected chi connectivity index (χ1v) is 5.57. The number of aliphatic hydroxyl groups is 1. The summed E-state index contributed by atoms with van der Waals surface area (Å²) in [5, 5.41) is 11.2. The zero-order valence-corrected chi connectivity index (χ0v) is 10.1. The lowest BCUT2D eigenvalue weighted by Crippen LogP contribution is -2.38. The van der Waals surface area contributed by atoms with Crippen molar-refractivity contribution < 1.29 is 14.7 Å². The number of carbonyl (C=O) groups excluding carboxylic acids is 2. The molecule has 1 rings (SSSR count). The van der Waals surface area contributed by atoms with Gasteiger partial charge >= 0.3 is 0 Å². The molecular formula is C13H17NO3. The Labute approximate surface area is 101 Å². The summed E-state index contributed by atoms with van der Waals surface area (Å²) >= 11 is 0. The first-order chi connectivity index (χ1) is 8.04. The van der Waals surface area contributed by atoms with Crippen LogP contribution >= 0.6 is 0 Å².